The first kappa shape index (κ1) is 13.5. The Hall–Kier alpha value is -0.540. The van der Waals surface area contributed by atoms with Crippen molar-refractivity contribution in [3.63, 3.8) is 0 Å². The molecule has 0 saturated heterocycles. The van der Waals surface area contributed by atoms with Crippen molar-refractivity contribution in [2.24, 2.45) is 0 Å². The van der Waals surface area contributed by atoms with Crippen molar-refractivity contribution in [1.29, 1.82) is 0 Å². The lowest BCUT2D eigenvalue weighted by Gasteiger charge is -2.14. The minimum Gasteiger partial charge on any atom is -0.207 e. The van der Waals surface area contributed by atoms with Crippen molar-refractivity contribution in [3.8, 4) is 0 Å². The van der Waals surface area contributed by atoms with Gasteiger partial charge in [-0.2, -0.15) is 0 Å². The first-order valence-corrected chi connectivity index (χ1v) is 7.63. The molecule has 0 aromatic heterocycles. The zero-order valence-corrected chi connectivity index (χ0v) is 11.6. The molecule has 90 valence electrons. The van der Waals surface area contributed by atoms with E-state index in [1.165, 1.54) is 0 Å². The number of hydrogen-bond donors (Lipinski definition) is 0. The first-order chi connectivity index (χ1) is 7.23. The molecule has 1 rings (SSSR count). The van der Waals surface area contributed by atoms with Crippen LogP contribution in [0.25, 0.3) is 0 Å². The molecule has 2 nitrogen and oxygen atoms in total. The summed E-state index contributed by atoms with van der Waals surface area (Å²) in [5.74, 6) is 0.520. The molecule has 1 aromatic carbocycles. The third-order valence-electron chi connectivity index (χ3n) is 2.59. The SMILES string of the molecule is CC(C)c1ccc(S(=O)(=O)Cl)c(C(C)C)c1. The maximum Gasteiger partial charge on any atom is 0.261 e. The molecule has 0 amide bonds. The number of halogens is 1. The van der Waals surface area contributed by atoms with Gasteiger partial charge in [-0.05, 0) is 29.0 Å². The van der Waals surface area contributed by atoms with Gasteiger partial charge in [0.1, 0.15) is 0 Å². The van der Waals surface area contributed by atoms with Gasteiger partial charge in [-0.25, -0.2) is 8.42 Å². The van der Waals surface area contributed by atoms with Crippen LogP contribution >= 0.6 is 10.7 Å². The van der Waals surface area contributed by atoms with Crippen molar-refractivity contribution >= 4 is 19.7 Å². The molecule has 0 N–H and O–H groups in total. The third kappa shape index (κ3) is 2.98. The van der Waals surface area contributed by atoms with E-state index in [-0.39, 0.29) is 10.8 Å². The molecule has 0 aliphatic heterocycles. The van der Waals surface area contributed by atoms with Crippen LogP contribution in [0.4, 0.5) is 0 Å². The van der Waals surface area contributed by atoms with Gasteiger partial charge >= 0.3 is 0 Å². The molecule has 0 aliphatic rings. The summed E-state index contributed by atoms with van der Waals surface area (Å²) < 4.78 is 22.8. The van der Waals surface area contributed by atoms with Crippen LogP contribution in [0, 0.1) is 0 Å². The normalized spacial score (nSPS) is 12.4. The van der Waals surface area contributed by atoms with E-state index in [9.17, 15) is 8.42 Å². The highest BCUT2D eigenvalue weighted by atomic mass is 35.7. The van der Waals surface area contributed by atoms with Crippen molar-refractivity contribution in [1.82, 2.24) is 0 Å². The molecule has 0 radical (unpaired) electrons. The molecule has 4 heteroatoms. The average Bonchev–Trinajstić information content (AvgIpc) is 2.15. The van der Waals surface area contributed by atoms with E-state index in [1.807, 2.05) is 26.0 Å². The number of rotatable bonds is 3. The Balaban J connectivity index is 3.43. The molecular formula is C12H17ClO2S. The van der Waals surface area contributed by atoms with E-state index in [0.717, 1.165) is 11.1 Å². The maximum atomic E-state index is 11.4. The van der Waals surface area contributed by atoms with Crippen LogP contribution in [0.15, 0.2) is 23.1 Å². The lowest BCUT2D eigenvalue weighted by Crippen LogP contribution is -2.02. The summed E-state index contributed by atoms with van der Waals surface area (Å²) in [6.07, 6.45) is 0. The largest absolute Gasteiger partial charge is 0.261 e. The standard InChI is InChI=1S/C12H17ClO2S/c1-8(2)10-5-6-12(16(13,14)15)11(7-10)9(3)4/h5-9H,1-4H3. The second-order valence-electron chi connectivity index (χ2n) is 4.54. The Bertz CT molecular complexity index is 476. The molecule has 1 aromatic rings. The lowest BCUT2D eigenvalue weighted by atomic mass is 9.96. The highest BCUT2D eigenvalue weighted by Crippen LogP contribution is 2.29. The van der Waals surface area contributed by atoms with Gasteiger partial charge in [0.2, 0.25) is 0 Å². The Labute approximate surface area is 102 Å². The summed E-state index contributed by atoms with van der Waals surface area (Å²) in [6, 6.07) is 5.36. The van der Waals surface area contributed by atoms with Crippen LogP contribution in [-0.2, 0) is 9.05 Å². The highest BCUT2D eigenvalue weighted by Gasteiger charge is 2.18. The molecule has 0 unspecified atom stereocenters. The number of hydrogen-bond acceptors (Lipinski definition) is 2. The predicted molar refractivity (Wildman–Crippen MR) is 67.7 cm³/mol. The molecule has 0 saturated carbocycles. The second-order valence-corrected chi connectivity index (χ2v) is 7.08. The fourth-order valence-corrected chi connectivity index (χ4v) is 2.83. The van der Waals surface area contributed by atoms with Crippen LogP contribution < -0.4 is 0 Å². The quantitative estimate of drug-likeness (QED) is 0.774. The van der Waals surface area contributed by atoms with E-state index in [2.05, 4.69) is 13.8 Å². The number of benzene rings is 1. The van der Waals surface area contributed by atoms with Gasteiger partial charge in [0.05, 0.1) is 4.90 Å². The van der Waals surface area contributed by atoms with Crippen molar-refractivity contribution < 1.29 is 8.42 Å². The average molecular weight is 261 g/mol. The molecule has 0 fully saturated rings. The fourth-order valence-electron chi connectivity index (χ4n) is 1.60. The fraction of sp³-hybridized carbons (Fsp3) is 0.500. The van der Waals surface area contributed by atoms with Gasteiger partial charge in [0, 0.05) is 10.7 Å². The molecule has 16 heavy (non-hydrogen) atoms. The summed E-state index contributed by atoms with van der Waals surface area (Å²) >= 11 is 0. The van der Waals surface area contributed by atoms with Gasteiger partial charge in [-0.1, -0.05) is 39.8 Å². The molecule has 0 aliphatic carbocycles. The summed E-state index contributed by atoms with van der Waals surface area (Å²) in [5.41, 5.74) is 1.92. The van der Waals surface area contributed by atoms with Gasteiger partial charge in [-0.3, -0.25) is 0 Å². The molecule has 0 bridgehead atoms. The Kier molecular flexibility index (Phi) is 4.02. The smallest absolute Gasteiger partial charge is 0.207 e. The van der Waals surface area contributed by atoms with Crippen LogP contribution in [0.3, 0.4) is 0 Å². The zero-order chi connectivity index (χ0) is 12.5. The van der Waals surface area contributed by atoms with Gasteiger partial charge in [-0.15, -0.1) is 0 Å². The van der Waals surface area contributed by atoms with E-state index < -0.39 is 9.05 Å². The van der Waals surface area contributed by atoms with Crippen LogP contribution in [0.2, 0.25) is 0 Å². The summed E-state index contributed by atoms with van der Waals surface area (Å²) in [7, 11) is 1.76. The maximum absolute atomic E-state index is 11.4. The van der Waals surface area contributed by atoms with E-state index in [1.54, 1.807) is 6.07 Å². The first-order valence-electron chi connectivity index (χ1n) is 5.32. The summed E-state index contributed by atoms with van der Waals surface area (Å²) in [6.45, 7) is 8.08. The highest BCUT2D eigenvalue weighted by molar-refractivity contribution is 8.13. The summed E-state index contributed by atoms with van der Waals surface area (Å²) in [5, 5.41) is 0. The van der Waals surface area contributed by atoms with Gasteiger partial charge < -0.3 is 0 Å². The van der Waals surface area contributed by atoms with E-state index in [0.29, 0.717) is 5.92 Å². The van der Waals surface area contributed by atoms with Gasteiger partial charge in [0.25, 0.3) is 9.05 Å². The Morgan fingerprint density at radius 2 is 1.62 bits per heavy atom. The minimum atomic E-state index is -3.65. The van der Waals surface area contributed by atoms with Crippen molar-refractivity contribution in [3.05, 3.63) is 29.3 Å². The topological polar surface area (TPSA) is 34.1 Å². The summed E-state index contributed by atoms with van der Waals surface area (Å²) in [4.78, 5) is 0.230. The molecule has 0 spiro atoms. The monoisotopic (exact) mass is 260 g/mol. The minimum absolute atomic E-state index is 0.141. The predicted octanol–water partition coefficient (Wildman–Crippen LogP) is 3.86. The van der Waals surface area contributed by atoms with Crippen LogP contribution in [-0.4, -0.2) is 8.42 Å². The third-order valence-corrected chi connectivity index (χ3v) is 3.98. The Morgan fingerprint density at radius 1 is 1.06 bits per heavy atom. The van der Waals surface area contributed by atoms with Crippen molar-refractivity contribution in [2.45, 2.75) is 44.4 Å². The molecule has 0 atom stereocenters. The van der Waals surface area contributed by atoms with Gasteiger partial charge in [0.15, 0.2) is 0 Å². The second kappa shape index (κ2) is 4.76. The molecular weight excluding hydrogens is 244 g/mol. The zero-order valence-electron chi connectivity index (χ0n) is 9.99. The molecule has 0 heterocycles. The lowest BCUT2D eigenvalue weighted by molar-refractivity contribution is 0.607. The van der Waals surface area contributed by atoms with Crippen LogP contribution in [0.5, 0.6) is 0 Å². The van der Waals surface area contributed by atoms with Crippen molar-refractivity contribution in [2.75, 3.05) is 0 Å². The Morgan fingerprint density at radius 3 is 2.00 bits per heavy atom. The van der Waals surface area contributed by atoms with E-state index >= 15 is 0 Å². The van der Waals surface area contributed by atoms with E-state index in [4.69, 9.17) is 10.7 Å². The van der Waals surface area contributed by atoms with Crippen LogP contribution in [0.1, 0.15) is 50.7 Å².